The van der Waals surface area contributed by atoms with E-state index in [1.807, 2.05) is 0 Å². The third kappa shape index (κ3) is 6.52. The van der Waals surface area contributed by atoms with Crippen LogP contribution in [0.25, 0.3) is 0 Å². The van der Waals surface area contributed by atoms with Crippen LogP contribution in [0.3, 0.4) is 0 Å². The monoisotopic (exact) mass is 387 g/mol. The number of benzene rings is 2. The summed E-state index contributed by atoms with van der Waals surface area (Å²) >= 11 is 5.82. The van der Waals surface area contributed by atoms with Gasteiger partial charge in [-0.15, -0.1) is 13.2 Å². The third-order valence-electron chi connectivity index (χ3n) is 2.85. The molecular weight excluding hydrogens is 375 g/mol. The lowest BCUT2D eigenvalue weighted by atomic mass is 10.2. The van der Waals surface area contributed by atoms with E-state index in [9.17, 15) is 18.0 Å². The quantitative estimate of drug-likeness (QED) is 0.451. The van der Waals surface area contributed by atoms with Crippen molar-refractivity contribution < 1.29 is 27.5 Å². The number of nitrogens with two attached hydrogens (primary N) is 1. The van der Waals surface area contributed by atoms with E-state index in [4.69, 9.17) is 22.2 Å². The number of alkyl halides is 3. The van der Waals surface area contributed by atoms with Crippen molar-refractivity contribution in [3.63, 3.8) is 0 Å². The van der Waals surface area contributed by atoms with Gasteiger partial charge in [0.25, 0.3) is 5.91 Å². The minimum absolute atomic E-state index is 0.0361. The van der Waals surface area contributed by atoms with Crippen molar-refractivity contribution in [2.24, 2.45) is 10.9 Å². The number of nitrogens with zero attached hydrogens (tertiary/aromatic N) is 1. The molecule has 6 nitrogen and oxygen atoms in total. The number of hydrogen-bond donors (Lipinski definition) is 2. The van der Waals surface area contributed by atoms with E-state index in [1.165, 1.54) is 12.1 Å². The standard InChI is InChI=1S/C16H13ClF3N3O3/c17-11-3-1-2-10(8-11)15(21)23-25-9-14(24)22-12-4-6-13(7-5-12)26-16(18,19)20/h1-8H,9H2,(H2,21,23)(H,22,24). The van der Waals surface area contributed by atoms with Crippen LogP contribution in [0.15, 0.2) is 53.7 Å². The lowest BCUT2D eigenvalue weighted by Gasteiger charge is -2.09. The Hall–Kier alpha value is -2.94. The van der Waals surface area contributed by atoms with E-state index in [2.05, 4.69) is 15.2 Å². The highest BCUT2D eigenvalue weighted by Crippen LogP contribution is 2.23. The summed E-state index contributed by atoms with van der Waals surface area (Å²) in [5.74, 6) is -0.934. The number of anilines is 1. The Kier molecular flexibility index (Phi) is 6.29. The molecule has 0 aliphatic rings. The summed E-state index contributed by atoms with van der Waals surface area (Å²) in [6.07, 6.45) is -4.78. The highest BCUT2D eigenvalue weighted by Gasteiger charge is 2.30. The van der Waals surface area contributed by atoms with Crippen molar-refractivity contribution in [2.75, 3.05) is 11.9 Å². The highest BCUT2D eigenvalue weighted by atomic mass is 35.5. The van der Waals surface area contributed by atoms with Crippen LogP contribution < -0.4 is 15.8 Å². The van der Waals surface area contributed by atoms with Crippen molar-refractivity contribution in [3.8, 4) is 5.75 Å². The number of amidine groups is 1. The summed E-state index contributed by atoms with van der Waals surface area (Å²) in [6.45, 7) is -0.442. The Bertz CT molecular complexity index is 795. The van der Waals surface area contributed by atoms with Gasteiger partial charge in [0.2, 0.25) is 0 Å². The molecule has 138 valence electrons. The maximum absolute atomic E-state index is 12.1. The van der Waals surface area contributed by atoms with Crippen molar-refractivity contribution in [3.05, 3.63) is 59.1 Å². The van der Waals surface area contributed by atoms with Gasteiger partial charge < -0.3 is 20.6 Å². The Morgan fingerprint density at radius 2 is 1.88 bits per heavy atom. The molecule has 0 radical (unpaired) electrons. The number of ether oxygens (including phenoxy) is 1. The molecule has 0 fully saturated rings. The van der Waals surface area contributed by atoms with Crippen molar-refractivity contribution in [1.82, 2.24) is 0 Å². The van der Waals surface area contributed by atoms with Gasteiger partial charge in [0.15, 0.2) is 12.4 Å². The van der Waals surface area contributed by atoms with E-state index in [-0.39, 0.29) is 11.5 Å². The average Bonchev–Trinajstić information content (AvgIpc) is 2.55. The minimum Gasteiger partial charge on any atom is -0.406 e. The molecule has 0 spiro atoms. The largest absolute Gasteiger partial charge is 0.573 e. The van der Waals surface area contributed by atoms with Gasteiger partial charge in [-0.05, 0) is 36.4 Å². The number of rotatable bonds is 6. The number of amides is 1. The number of halogens is 4. The zero-order valence-electron chi connectivity index (χ0n) is 13.1. The minimum atomic E-state index is -4.78. The predicted octanol–water partition coefficient (Wildman–Crippen LogP) is 3.51. The fraction of sp³-hybridized carbons (Fsp3) is 0.125. The van der Waals surface area contributed by atoms with Crippen molar-refractivity contribution in [1.29, 1.82) is 0 Å². The van der Waals surface area contributed by atoms with Crippen LogP contribution in [0.2, 0.25) is 5.02 Å². The second-order valence-electron chi connectivity index (χ2n) is 4.88. The first-order valence-corrected chi connectivity index (χ1v) is 7.48. The number of carbonyl (C=O) groups is 1. The molecule has 0 saturated heterocycles. The Balaban J connectivity index is 1.84. The molecule has 2 aromatic rings. The molecule has 26 heavy (non-hydrogen) atoms. The van der Waals surface area contributed by atoms with E-state index >= 15 is 0 Å². The van der Waals surface area contributed by atoms with E-state index in [1.54, 1.807) is 24.3 Å². The number of oxime groups is 1. The lowest BCUT2D eigenvalue weighted by Crippen LogP contribution is -2.19. The summed E-state index contributed by atoms with van der Waals surface area (Å²) < 4.78 is 39.9. The maximum atomic E-state index is 12.1. The van der Waals surface area contributed by atoms with Gasteiger partial charge in [0.1, 0.15) is 5.75 Å². The molecule has 0 aliphatic carbocycles. The molecule has 0 aliphatic heterocycles. The van der Waals surface area contributed by atoms with Gasteiger partial charge in [-0.1, -0.05) is 28.9 Å². The summed E-state index contributed by atoms with van der Waals surface area (Å²) in [7, 11) is 0. The Morgan fingerprint density at radius 3 is 2.50 bits per heavy atom. The number of hydrogen-bond acceptors (Lipinski definition) is 4. The molecule has 0 heterocycles. The van der Waals surface area contributed by atoms with Crippen LogP contribution in [0.5, 0.6) is 5.75 Å². The predicted molar refractivity (Wildman–Crippen MR) is 89.9 cm³/mol. The van der Waals surface area contributed by atoms with Crippen molar-refractivity contribution in [2.45, 2.75) is 6.36 Å². The lowest BCUT2D eigenvalue weighted by molar-refractivity contribution is -0.274. The van der Waals surface area contributed by atoms with Gasteiger partial charge in [-0.25, -0.2) is 0 Å². The molecule has 0 atom stereocenters. The normalized spacial score (nSPS) is 11.8. The first-order valence-electron chi connectivity index (χ1n) is 7.10. The number of carbonyl (C=O) groups excluding carboxylic acids is 1. The summed E-state index contributed by atoms with van der Waals surface area (Å²) in [5.41, 5.74) is 6.49. The van der Waals surface area contributed by atoms with Gasteiger partial charge in [-0.3, -0.25) is 4.79 Å². The molecule has 0 saturated carbocycles. The van der Waals surface area contributed by atoms with E-state index < -0.39 is 24.6 Å². The number of nitrogens with one attached hydrogen (secondary N) is 1. The summed E-state index contributed by atoms with van der Waals surface area (Å²) in [5, 5.41) is 6.49. The van der Waals surface area contributed by atoms with Crippen LogP contribution >= 0.6 is 11.6 Å². The van der Waals surface area contributed by atoms with Crippen LogP contribution in [-0.4, -0.2) is 24.7 Å². The second-order valence-corrected chi connectivity index (χ2v) is 5.32. The molecular formula is C16H13ClF3N3O3. The molecule has 3 N–H and O–H groups in total. The smallest absolute Gasteiger partial charge is 0.406 e. The first-order chi connectivity index (χ1) is 12.2. The maximum Gasteiger partial charge on any atom is 0.573 e. The van der Waals surface area contributed by atoms with E-state index in [0.717, 1.165) is 12.1 Å². The second kappa shape index (κ2) is 8.43. The molecule has 1 amide bonds. The van der Waals surface area contributed by atoms with Gasteiger partial charge in [-0.2, -0.15) is 0 Å². The fourth-order valence-electron chi connectivity index (χ4n) is 1.80. The SMILES string of the molecule is N/C(=N/OCC(=O)Nc1ccc(OC(F)(F)F)cc1)c1cccc(Cl)c1. The zero-order chi connectivity index (χ0) is 19.2. The molecule has 2 rings (SSSR count). The first kappa shape index (κ1) is 19.4. The summed E-state index contributed by atoms with van der Waals surface area (Å²) in [6, 6.07) is 11.2. The van der Waals surface area contributed by atoms with Crippen molar-refractivity contribution >= 4 is 29.0 Å². The highest BCUT2D eigenvalue weighted by molar-refractivity contribution is 6.31. The van der Waals surface area contributed by atoms with Crippen LogP contribution in [-0.2, 0) is 9.63 Å². The van der Waals surface area contributed by atoms with Gasteiger partial charge >= 0.3 is 6.36 Å². The molecule has 10 heteroatoms. The Labute approximate surface area is 151 Å². The van der Waals surface area contributed by atoms with Crippen LogP contribution in [0, 0.1) is 0 Å². The molecule has 0 unspecified atom stereocenters. The average molecular weight is 388 g/mol. The van der Waals surface area contributed by atoms with E-state index in [0.29, 0.717) is 10.6 Å². The van der Waals surface area contributed by atoms with Crippen LogP contribution in [0.4, 0.5) is 18.9 Å². The third-order valence-corrected chi connectivity index (χ3v) is 3.09. The Morgan fingerprint density at radius 1 is 1.19 bits per heavy atom. The topological polar surface area (TPSA) is 85.9 Å². The fourth-order valence-corrected chi connectivity index (χ4v) is 1.99. The molecule has 0 bridgehead atoms. The molecule has 0 aromatic heterocycles. The van der Waals surface area contributed by atoms with Crippen LogP contribution in [0.1, 0.15) is 5.56 Å². The summed E-state index contributed by atoms with van der Waals surface area (Å²) in [4.78, 5) is 16.6. The van der Waals surface area contributed by atoms with Gasteiger partial charge in [0.05, 0.1) is 0 Å². The molecule has 2 aromatic carbocycles. The zero-order valence-corrected chi connectivity index (χ0v) is 13.8. The van der Waals surface area contributed by atoms with Gasteiger partial charge in [0, 0.05) is 16.3 Å².